The predicted octanol–water partition coefficient (Wildman–Crippen LogP) is 1.08. The minimum absolute atomic E-state index is 0.665. The summed E-state index contributed by atoms with van der Waals surface area (Å²) in [4.78, 5) is 9.67. The van der Waals surface area contributed by atoms with Crippen LogP contribution in [-0.2, 0) is 26.1 Å². The number of aryl methyl sites for hydroxylation is 1. The lowest BCUT2D eigenvalue weighted by Gasteiger charge is -2.33. The van der Waals surface area contributed by atoms with Crippen molar-refractivity contribution in [1.29, 1.82) is 0 Å². The summed E-state index contributed by atoms with van der Waals surface area (Å²) < 4.78 is 2.33. The second-order valence-corrected chi connectivity index (χ2v) is 7.01. The number of aromatic nitrogens is 4. The van der Waals surface area contributed by atoms with E-state index in [0.717, 1.165) is 39.1 Å². The van der Waals surface area contributed by atoms with Gasteiger partial charge in [0, 0.05) is 50.9 Å². The quantitative estimate of drug-likeness (QED) is 0.846. The van der Waals surface area contributed by atoms with Crippen LogP contribution >= 0.6 is 0 Å². The molecule has 2 atom stereocenters. The van der Waals surface area contributed by atoms with Crippen LogP contribution in [0.15, 0.2) is 24.4 Å². The Morgan fingerprint density at radius 3 is 2.70 bits per heavy atom. The molecular weight excluding hydrogens is 288 g/mol. The standard InChI is InChI=1S/C17H22N6/c1-2-6-18-13(4-1)9-21-10-15-8-14(21)11-22(15)12-17-20-19-16-5-3-7-23(16)17/h1-2,4,6,14-15H,3,5,7-12H2. The Kier molecular flexibility index (Phi) is 3.19. The third-order valence-electron chi connectivity index (χ3n) is 5.59. The molecule has 6 heteroatoms. The molecule has 3 aliphatic rings. The highest BCUT2D eigenvalue weighted by atomic mass is 15.4. The normalized spacial score (nSPS) is 27.0. The molecule has 0 aromatic carbocycles. The van der Waals surface area contributed by atoms with Gasteiger partial charge in [-0.3, -0.25) is 14.8 Å². The van der Waals surface area contributed by atoms with Crippen LogP contribution in [0.4, 0.5) is 0 Å². The topological polar surface area (TPSA) is 50.1 Å². The molecule has 2 bridgehead atoms. The van der Waals surface area contributed by atoms with Gasteiger partial charge in [-0.05, 0) is 25.0 Å². The SMILES string of the molecule is c1ccc(CN2CC3CC2CN3Cc2nnc3n2CCC3)nc1. The third kappa shape index (κ3) is 2.37. The summed E-state index contributed by atoms with van der Waals surface area (Å²) in [5, 5.41) is 8.76. The number of pyridine rings is 1. The van der Waals surface area contributed by atoms with Gasteiger partial charge >= 0.3 is 0 Å². The molecular formula is C17H22N6. The molecule has 2 fully saturated rings. The maximum absolute atomic E-state index is 4.47. The van der Waals surface area contributed by atoms with Gasteiger partial charge < -0.3 is 4.57 Å². The van der Waals surface area contributed by atoms with Crippen molar-refractivity contribution >= 4 is 0 Å². The van der Waals surface area contributed by atoms with Crippen molar-refractivity contribution in [3.63, 3.8) is 0 Å². The van der Waals surface area contributed by atoms with E-state index in [1.54, 1.807) is 0 Å². The predicted molar refractivity (Wildman–Crippen MR) is 85.6 cm³/mol. The zero-order valence-electron chi connectivity index (χ0n) is 13.3. The second kappa shape index (κ2) is 5.39. The van der Waals surface area contributed by atoms with Gasteiger partial charge in [0.25, 0.3) is 0 Å². The van der Waals surface area contributed by atoms with Gasteiger partial charge in [0.15, 0.2) is 0 Å². The van der Waals surface area contributed by atoms with Crippen LogP contribution in [0, 0.1) is 0 Å². The molecule has 0 spiro atoms. The summed E-state index contributed by atoms with van der Waals surface area (Å²) in [7, 11) is 0. The fraction of sp³-hybridized carbons (Fsp3) is 0.588. The number of hydrogen-bond acceptors (Lipinski definition) is 5. The Hall–Kier alpha value is -1.79. The van der Waals surface area contributed by atoms with E-state index in [0.29, 0.717) is 12.1 Å². The fourth-order valence-electron chi connectivity index (χ4n) is 4.43. The number of rotatable bonds is 4. The first-order chi connectivity index (χ1) is 11.4. The van der Waals surface area contributed by atoms with Crippen LogP contribution in [0.2, 0.25) is 0 Å². The zero-order chi connectivity index (χ0) is 15.2. The Labute approximate surface area is 136 Å². The molecule has 0 N–H and O–H groups in total. The van der Waals surface area contributed by atoms with E-state index in [4.69, 9.17) is 0 Å². The highest BCUT2D eigenvalue weighted by molar-refractivity contribution is 5.08. The molecule has 6 nitrogen and oxygen atoms in total. The van der Waals surface area contributed by atoms with Crippen molar-refractivity contribution in [2.24, 2.45) is 0 Å². The van der Waals surface area contributed by atoms with E-state index in [1.165, 1.54) is 30.2 Å². The van der Waals surface area contributed by atoms with Gasteiger partial charge in [-0.1, -0.05) is 6.07 Å². The fourth-order valence-corrected chi connectivity index (χ4v) is 4.43. The van der Waals surface area contributed by atoms with E-state index in [1.807, 2.05) is 12.3 Å². The lowest BCUT2D eigenvalue weighted by Crippen LogP contribution is -2.45. The molecule has 2 unspecified atom stereocenters. The lowest BCUT2D eigenvalue weighted by molar-refractivity contribution is 0.114. The molecule has 2 aromatic heterocycles. The first-order valence-electron chi connectivity index (χ1n) is 8.66. The number of nitrogens with zero attached hydrogens (tertiary/aromatic N) is 6. The van der Waals surface area contributed by atoms with Crippen molar-refractivity contribution in [3.8, 4) is 0 Å². The molecule has 120 valence electrons. The number of fused-ring (bicyclic) bond motifs is 3. The zero-order valence-corrected chi connectivity index (χ0v) is 13.3. The smallest absolute Gasteiger partial charge is 0.147 e. The Bertz CT molecular complexity index is 696. The Morgan fingerprint density at radius 1 is 1.04 bits per heavy atom. The molecule has 5 heterocycles. The van der Waals surface area contributed by atoms with Crippen LogP contribution in [-0.4, -0.2) is 54.7 Å². The van der Waals surface area contributed by atoms with E-state index >= 15 is 0 Å². The number of hydrogen-bond donors (Lipinski definition) is 0. The summed E-state index contributed by atoms with van der Waals surface area (Å²) in [6.45, 7) is 5.36. The number of piperazine rings is 1. The first-order valence-corrected chi connectivity index (χ1v) is 8.66. The van der Waals surface area contributed by atoms with Crippen molar-refractivity contribution < 1.29 is 0 Å². The van der Waals surface area contributed by atoms with Gasteiger partial charge in [0.05, 0.1) is 12.2 Å². The molecule has 3 aliphatic heterocycles. The van der Waals surface area contributed by atoms with Crippen molar-refractivity contribution in [3.05, 3.63) is 41.7 Å². The van der Waals surface area contributed by atoms with Crippen molar-refractivity contribution in [2.75, 3.05) is 13.1 Å². The summed E-state index contributed by atoms with van der Waals surface area (Å²) in [5.74, 6) is 2.35. The van der Waals surface area contributed by atoms with Gasteiger partial charge in [0.1, 0.15) is 11.6 Å². The highest BCUT2D eigenvalue weighted by Crippen LogP contribution is 2.32. The van der Waals surface area contributed by atoms with Crippen LogP contribution in [0.1, 0.15) is 30.2 Å². The highest BCUT2D eigenvalue weighted by Gasteiger charge is 2.43. The van der Waals surface area contributed by atoms with E-state index in [-0.39, 0.29) is 0 Å². The molecule has 0 aliphatic carbocycles. The molecule has 0 radical (unpaired) electrons. The molecule has 0 saturated carbocycles. The Balaban J connectivity index is 1.24. The minimum Gasteiger partial charge on any atom is -0.314 e. The molecule has 2 aromatic rings. The van der Waals surface area contributed by atoms with E-state index < -0.39 is 0 Å². The largest absolute Gasteiger partial charge is 0.314 e. The average Bonchev–Trinajstić information content (AvgIpc) is 3.31. The molecule has 5 rings (SSSR count). The Morgan fingerprint density at radius 2 is 1.91 bits per heavy atom. The van der Waals surface area contributed by atoms with Gasteiger partial charge in [-0.2, -0.15) is 0 Å². The summed E-state index contributed by atoms with van der Waals surface area (Å²) in [6, 6.07) is 7.53. The summed E-state index contributed by atoms with van der Waals surface area (Å²) in [6.07, 6.45) is 5.49. The monoisotopic (exact) mass is 310 g/mol. The molecule has 0 amide bonds. The average molecular weight is 310 g/mol. The van der Waals surface area contributed by atoms with Crippen molar-refractivity contribution in [2.45, 2.75) is 51.0 Å². The van der Waals surface area contributed by atoms with E-state index in [2.05, 4.69) is 41.7 Å². The lowest BCUT2D eigenvalue weighted by atomic mass is 10.2. The first kappa shape index (κ1) is 13.6. The van der Waals surface area contributed by atoms with Crippen LogP contribution in [0.25, 0.3) is 0 Å². The van der Waals surface area contributed by atoms with E-state index in [9.17, 15) is 0 Å². The van der Waals surface area contributed by atoms with Gasteiger partial charge in [-0.25, -0.2) is 0 Å². The van der Waals surface area contributed by atoms with Crippen LogP contribution in [0.5, 0.6) is 0 Å². The summed E-state index contributed by atoms with van der Waals surface area (Å²) in [5.41, 5.74) is 1.18. The molecule has 23 heavy (non-hydrogen) atoms. The van der Waals surface area contributed by atoms with Crippen molar-refractivity contribution in [1.82, 2.24) is 29.5 Å². The summed E-state index contributed by atoms with van der Waals surface area (Å²) >= 11 is 0. The van der Waals surface area contributed by atoms with Gasteiger partial charge in [-0.15, -0.1) is 10.2 Å². The van der Waals surface area contributed by atoms with Gasteiger partial charge in [0.2, 0.25) is 0 Å². The molecule has 2 saturated heterocycles. The number of likely N-dealkylation sites (tertiary alicyclic amines) is 2. The maximum Gasteiger partial charge on any atom is 0.147 e. The van der Waals surface area contributed by atoms with Crippen LogP contribution in [0.3, 0.4) is 0 Å². The third-order valence-corrected chi connectivity index (χ3v) is 5.59. The second-order valence-electron chi connectivity index (χ2n) is 7.01. The minimum atomic E-state index is 0.665. The maximum atomic E-state index is 4.47. The van der Waals surface area contributed by atoms with Crippen LogP contribution < -0.4 is 0 Å².